The zero-order valence-electron chi connectivity index (χ0n) is 7.82. The molecule has 0 aromatic carbocycles. The molecule has 0 aliphatic rings. The van der Waals surface area contributed by atoms with Crippen molar-refractivity contribution < 1.29 is 14.3 Å². The number of hydrogen-bond acceptors (Lipinski definition) is 4. The van der Waals surface area contributed by atoms with Gasteiger partial charge in [-0.25, -0.2) is 4.79 Å². The van der Waals surface area contributed by atoms with Crippen molar-refractivity contribution >= 4 is 11.9 Å². The number of esters is 1. The van der Waals surface area contributed by atoms with Gasteiger partial charge in [-0.05, 0) is 6.07 Å². The van der Waals surface area contributed by atoms with Gasteiger partial charge in [0.1, 0.15) is 5.69 Å². The molecule has 6 nitrogen and oxygen atoms in total. The van der Waals surface area contributed by atoms with Crippen molar-refractivity contribution in [2.75, 3.05) is 13.2 Å². The smallest absolute Gasteiger partial charge is 0.356 e. The molecule has 0 spiro atoms. The van der Waals surface area contributed by atoms with E-state index in [0.29, 0.717) is 0 Å². The van der Waals surface area contributed by atoms with E-state index in [9.17, 15) is 9.59 Å². The molecule has 2 N–H and O–H groups in total. The van der Waals surface area contributed by atoms with Crippen molar-refractivity contribution in [3.63, 3.8) is 0 Å². The van der Waals surface area contributed by atoms with Crippen LogP contribution in [-0.4, -0.2) is 35.2 Å². The van der Waals surface area contributed by atoms with Crippen molar-refractivity contribution in [3.8, 4) is 12.3 Å². The van der Waals surface area contributed by atoms with Crippen LogP contribution in [0.4, 0.5) is 0 Å². The molecule has 0 atom stereocenters. The number of aromatic amines is 1. The number of carbonyl (C=O) groups is 2. The molecule has 0 saturated heterocycles. The van der Waals surface area contributed by atoms with E-state index in [-0.39, 0.29) is 18.8 Å². The third-order valence-corrected chi connectivity index (χ3v) is 1.44. The van der Waals surface area contributed by atoms with Crippen molar-refractivity contribution in [1.29, 1.82) is 0 Å². The Bertz CT molecular complexity index is 378. The molecule has 1 aromatic heterocycles. The van der Waals surface area contributed by atoms with E-state index in [1.807, 2.05) is 0 Å². The third kappa shape index (κ3) is 3.52. The number of nitrogens with one attached hydrogen (secondary N) is 2. The van der Waals surface area contributed by atoms with Gasteiger partial charge < -0.3 is 10.1 Å². The Morgan fingerprint density at radius 3 is 3.07 bits per heavy atom. The number of nitrogens with zero attached hydrogens (tertiary/aromatic N) is 1. The van der Waals surface area contributed by atoms with Crippen molar-refractivity contribution in [3.05, 3.63) is 18.0 Å². The van der Waals surface area contributed by atoms with Crippen LogP contribution in [0, 0.1) is 12.3 Å². The van der Waals surface area contributed by atoms with E-state index in [4.69, 9.17) is 6.42 Å². The minimum Gasteiger partial charge on any atom is -0.451 e. The number of amides is 1. The van der Waals surface area contributed by atoms with Gasteiger partial charge in [-0.2, -0.15) is 5.10 Å². The van der Waals surface area contributed by atoms with Crippen LogP contribution in [-0.2, 0) is 9.53 Å². The molecule has 0 fully saturated rings. The normalized spacial score (nSPS) is 9.00. The number of terminal acetylenes is 1. The summed E-state index contributed by atoms with van der Waals surface area (Å²) < 4.78 is 4.65. The molecule has 78 valence electrons. The number of rotatable bonds is 4. The fourth-order valence-electron chi connectivity index (χ4n) is 0.779. The van der Waals surface area contributed by atoms with Gasteiger partial charge in [-0.3, -0.25) is 9.89 Å². The lowest BCUT2D eigenvalue weighted by Gasteiger charge is -2.02. The summed E-state index contributed by atoms with van der Waals surface area (Å²) in [6.07, 6.45) is 6.34. The molecule has 0 aliphatic carbocycles. The third-order valence-electron chi connectivity index (χ3n) is 1.44. The Morgan fingerprint density at radius 1 is 1.67 bits per heavy atom. The van der Waals surface area contributed by atoms with E-state index in [2.05, 4.69) is 26.2 Å². The predicted molar refractivity (Wildman–Crippen MR) is 50.7 cm³/mol. The van der Waals surface area contributed by atoms with Crippen LogP contribution in [0.5, 0.6) is 0 Å². The monoisotopic (exact) mass is 207 g/mol. The molecule has 0 bridgehead atoms. The average molecular weight is 207 g/mol. The van der Waals surface area contributed by atoms with Gasteiger partial charge >= 0.3 is 5.97 Å². The second kappa shape index (κ2) is 5.44. The minimum atomic E-state index is -0.636. The van der Waals surface area contributed by atoms with E-state index < -0.39 is 11.9 Å². The fraction of sp³-hybridized carbons (Fsp3) is 0.222. The molecular formula is C9H9N3O3. The summed E-state index contributed by atoms with van der Waals surface area (Å²) in [6.45, 7) is -0.250. The maximum atomic E-state index is 11.2. The van der Waals surface area contributed by atoms with Gasteiger partial charge in [0.05, 0.1) is 6.54 Å². The SMILES string of the molecule is C#CCNC(=O)COC(=O)c1ccn[nH]1. The van der Waals surface area contributed by atoms with Crippen LogP contribution in [0.15, 0.2) is 12.3 Å². The standard InChI is InChI=1S/C9H9N3O3/c1-2-4-10-8(13)6-15-9(14)7-3-5-11-12-7/h1,3,5H,4,6H2,(H,10,13)(H,11,12). The summed E-state index contributed by atoms with van der Waals surface area (Å²) >= 11 is 0. The molecular weight excluding hydrogens is 198 g/mol. The van der Waals surface area contributed by atoms with Crippen molar-refractivity contribution in [2.45, 2.75) is 0 Å². The topological polar surface area (TPSA) is 84.1 Å². The highest BCUT2D eigenvalue weighted by Gasteiger charge is 2.10. The van der Waals surface area contributed by atoms with Crippen LogP contribution < -0.4 is 5.32 Å². The number of hydrogen-bond donors (Lipinski definition) is 2. The minimum absolute atomic E-state index is 0.112. The van der Waals surface area contributed by atoms with Crippen LogP contribution in [0.3, 0.4) is 0 Å². The van der Waals surface area contributed by atoms with E-state index >= 15 is 0 Å². The Kier molecular flexibility index (Phi) is 3.91. The molecule has 1 rings (SSSR count). The Morgan fingerprint density at radius 2 is 2.47 bits per heavy atom. The zero-order valence-corrected chi connectivity index (χ0v) is 7.82. The first-order valence-corrected chi connectivity index (χ1v) is 4.10. The lowest BCUT2D eigenvalue weighted by atomic mass is 10.4. The summed E-state index contributed by atoms with van der Waals surface area (Å²) in [4.78, 5) is 22.1. The molecule has 6 heteroatoms. The summed E-state index contributed by atoms with van der Waals surface area (Å²) in [5.41, 5.74) is 0.194. The van der Waals surface area contributed by atoms with Crippen molar-refractivity contribution in [2.24, 2.45) is 0 Å². The second-order valence-electron chi connectivity index (χ2n) is 2.53. The molecule has 1 aromatic rings. The number of H-pyrrole nitrogens is 1. The lowest BCUT2D eigenvalue weighted by molar-refractivity contribution is -0.123. The van der Waals surface area contributed by atoms with E-state index in [1.165, 1.54) is 12.3 Å². The highest BCUT2D eigenvalue weighted by atomic mass is 16.5. The maximum absolute atomic E-state index is 11.2. The lowest BCUT2D eigenvalue weighted by Crippen LogP contribution is -2.29. The highest BCUT2D eigenvalue weighted by Crippen LogP contribution is 1.94. The Balaban J connectivity index is 2.29. The number of carbonyl (C=O) groups excluding carboxylic acids is 2. The predicted octanol–water partition coefficient (Wildman–Crippen LogP) is -0.684. The molecule has 0 unspecified atom stereocenters. The molecule has 0 radical (unpaired) electrons. The van der Waals surface area contributed by atoms with Gasteiger partial charge in [-0.15, -0.1) is 6.42 Å². The van der Waals surface area contributed by atoms with Gasteiger partial charge in [0, 0.05) is 6.20 Å². The van der Waals surface area contributed by atoms with Gasteiger partial charge in [0.25, 0.3) is 5.91 Å². The van der Waals surface area contributed by atoms with Gasteiger partial charge in [0.15, 0.2) is 6.61 Å². The summed E-state index contributed by atoms with van der Waals surface area (Å²) in [5.74, 6) is 1.15. The summed E-state index contributed by atoms with van der Waals surface area (Å²) in [5, 5.41) is 8.34. The number of aromatic nitrogens is 2. The molecule has 0 saturated carbocycles. The summed E-state index contributed by atoms with van der Waals surface area (Å²) in [7, 11) is 0. The van der Waals surface area contributed by atoms with Crippen LogP contribution in [0.25, 0.3) is 0 Å². The molecule has 1 amide bonds. The largest absolute Gasteiger partial charge is 0.451 e. The maximum Gasteiger partial charge on any atom is 0.356 e. The average Bonchev–Trinajstić information content (AvgIpc) is 2.76. The second-order valence-corrected chi connectivity index (χ2v) is 2.53. The zero-order chi connectivity index (χ0) is 11.1. The first-order valence-electron chi connectivity index (χ1n) is 4.10. The first-order chi connectivity index (χ1) is 7.24. The van der Waals surface area contributed by atoms with E-state index in [0.717, 1.165) is 0 Å². The Labute approximate surface area is 86.0 Å². The highest BCUT2D eigenvalue weighted by molar-refractivity contribution is 5.89. The van der Waals surface area contributed by atoms with Crippen LogP contribution in [0.2, 0.25) is 0 Å². The van der Waals surface area contributed by atoms with Crippen molar-refractivity contribution in [1.82, 2.24) is 15.5 Å². The molecule has 0 aliphatic heterocycles. The number of ether oxygens (including phenoxy) is 1. The van der Waals surface area contributed by atoms with Gasteiger partial charge in [0.2, 0.25) is 0 Å². The Hall–Kier alpha value is -2.29. The van der Waals surface area contributed by atoms with Crippen LogP contribution >= 0.6 is 0 Å². The molecule has 15 heavy (non-hydrogen) atoms. The quantitative estimate of drug-likeness (QED) is 0.506. The van der Waals surface area contributed by atoms with Crippen LogP contribution in [0.1, 0.15) is 10.5 Å². The fourth-order valence-corrected chi connectivity index (χ4v) is 0.779. The molecule has 1 heterocycles. The van der Waals surface area contributed by atoms with Gasteiger partial charge in [-0.1, -0.05) is 5.92 Å². The van der Waals surface area contributed by atoms with E-state index in [1.54, 1.807) is 0 Å². The summed E-state index contributed by atoms with van der Waals surface area (Å²) in [6, 6.07) is 1.45. The first kappa shape index (κ1) is 10.8.